The van der Waals surface area contributed by atoms with Gasteiger partial charge in [-0.2, -0.15) is 0 Å². The summed E-state index contributed by atoms with van der Waals surface area (Å²) in [5, 5.41) is 8.67. The van der Waals surface area contributed by atoms with E-state index in [-0.39, 0.29) is 30.1 Å². The van der Waals surface area contributed by atoms with Gasteiger partial charge in [0, 0.05) is 0 Å². The summed E-state index contributed by atoms with van der Waals surface area (Å²) in [4.78, 5) is 18.5. The quantitative estimate of drug-likeness (QED) is 0.780. The summed E-state index contributed by atoms with van der Waals surface area (Å²) in [6, 6.07) is 0. The van der Waals surface area contributed by atoms with Gasteiger partial charge in [0.2, 0.25) is 0 Å². The van der Waals surface area contributed by atoms with Gasteiger partial charge in [0.15, 0.2) is 0 Å². The van der Waals surface area contributed by atoms with Gasteiger partial charge in [-0.15, -0.1) is 24.0 Å². The fourth-order valence-electron chi connectivity index (χ4n) is 0.726. The first-order valence-corrected chi connectivity index (χ1v) is 4.03. The molecule has 0 aliphatic heterocycles. The summed E-state index contributed by atoms with van der Waals surface area (Å²) < 4.78 is 0. The third-order valence-electron chi connectivity index (χ3n) is 1.73. The maximum absolute atomic E-state index is 10.5. The average molecular weight is 319 g/mol. The van der Waals surface area contributed by atoms with Crippen LogP contribution in [-0.4, -0.2) is 17.9 Å². The number of carbonyl (C=O) groups excluding carboxylic acids is 1. The van der Waals surface area contributed by atoms with Crippen LogP contribution in [0.1, 0.15) is 40.0 Å². The zero-order valence-electron chi connectivity index (χ0n) is 9.21. The smallest absolute Gasteiger partial charge is 0.309 e. The molecule has 0 aromatic rings. The van der Waals surface area contributed by atoms with Crippen LogP contribution in [0.5, 0.6) is 0 Å². The molecule has 88 valence electrons. The number of aliphatic carboxylic acids is 1. The number of hydrogen-bond acceptors (Lipinski definition) is 3. The van der Waals surface area contributed by atoms with E-state index in [0.717, 1.165) is 19.3 Å². The van der Waals surface area contributed by atoms with E-state index in [1.807, 2.05) is 6.79 Å². The van der Waals surface area contributed by atoms with Crippen LogP contribution in [0.2, 0.25) is 0 Å². The second kappa shape index (κ2) is 12.8. The number of halogens is 1. The number of carbonyl (C=O) groups is 2. The maximum atomic E-state index is 10.5. The molecule has 5 heteroatoms. The molecule has 0 radical (unpaired) electrons. The van der Waals surface area contributed by atoms with Gasteiger partial charge in [-0.05, 0) is 20.3 Å². The molecule has 0 saturated carbocycles. The standard InChI is InChI=1S/C8H16O2.CH2O.HI.H3N/c1-4-5-6-8(2,3)7(9)10;1-2;;/h4-6H2,1-3H3,(H,9,10);1H2;1H;1H3. The van der Waals surface area contributed by atoms with Gasteiger partial charge in [-0.3, -0.25) is 4.79 Å². The van der Waals surface area contributed by atoms with Crippen molar-refractivity contribution in [3.63, 3.8) is 0 Å². The summed E-state index contributed by atoms with van der Waals surface area (Å²) in [6.07, 6.45) is 2.84. The zero-order chi connectivity index (χ0) is 10.2. The average Bonchev–Trinajstić information content (AvgIpc) is 2.04. The maximum Gasteiger partial charge on any atom is 0.309 e. The van der Waals surface area contributed by atoms with E-state index in [4.69, 9.17) is 9.90 Å². The molecule has 0 rings (SSSR count). The summed E-state index contributed by atoms with van der Waals surface area (Å²) in [6.45, 7) is 7.61. The lowest BCUT2D eigenvalue weighted by molar-refractivity contribution is -0.147. The number of hydrogen-bond donors (Lipinski definition) is 2. The molecule has 0 heterocycles. The second-order valence-electron chi connectivity index (χ2n) is 3.29. The Morgan fingerprint density at radius 2 is 1.71 bits per heavy atom. The molecule has 0 unspecified atom stereocenters. The Kier molecular flexibility index (Phi) is 21.6. The minimum absolute atomic E-state index is 0. The summed E-state index contributed by atoms with van der Waals surface area (Å²) >= 11 is 0. The van der Waals surface area contributed by atoms with Crippen LogP contribution >= 0.6 is 24.0 Å². The van der Waals surface area contributed by atoms with Crippen molar-refractivity contribution in [2.45, 2.75) is 40.0 Å². The van der Waals surface area contributed by atoms with Gasteiger partial charge in [0.25, 0.3) is 0 Å². The van der Waals surface area contributed by atoms with Gasteiger partial charge in [-0.25, -0.2) is 0 Å². The predicted molar refractivity (Wildman–Crippen MR) is 68.5 cm³/mol. The van der Waals surface area contributed by atoms with E-state index < -0.39 is 11.4 Å². The van der Waals surface area contributed by atoms with Crippen molar-refractivity contribution in [2.75, 3.05) is 0 Å². The molecular weight excluding hydrogens is 297 g/mol. The Labute approximate surface area is 103 Å². The Morgan fingerprint density at radius 3 is 1.93 bits per heavy atom. The minimum atomic E-state index is -0.694. The van der Waals surface area contributed by atoms with Gasteiger partial charge >= 0.3 is 5.97 Å². The molecule has 4 nitrogen and oxygen atoms in total. The van der Waals surface area contributed by atoms with Gasteiger partial charge in [-0.1, -0.05) is 19.8 Å². The third-order valence-corrected chi connectivity index (χ3v) is 1.73. The molecular formula is C9H22INO3. The molecule has 0 saturated heterocycles. The van der Waals surface area contributed by atoms with Crippen LogP contribution in [0.25, 0.3) is 0 Å². The highest BCUT2D eigenvalue weighted by molar-refractivity contribution is 14.0. The molecule has 0 bridgehead atoms. The molecule has 0 aliphatic carbocycles. The minimum Gasteiger partial charge on any atom is -0.481 e. The van der Waals surface area contributed by atoms with E-state index in [1.54, 1.807) is 13.8 Å². The van der Waals surface area contributed by atoms with E-state index in [1.165, 1.54) is 0 Å². The third kappa shape index (κ3) is 11.8. The molecule has 0 aromatic carbocycles. The number of rotatable bonds is 4. The van der Waals surface area contributed by atoms with Gasteiger partial charge < -0.3 is 16.1 Å². The van der Waals surface area contributed by atoms with Crippen LogP contribution in [-0.2, 0) is 9.59 Å². The SMILES string of the molecule is C=O.CCCCC(C)(C)C(=O)O.I.N. The molecule has 0 spiro atoms. The fraction of sp³-hybridized carbons (Fsp3) is 0.778. The highest BCUT2D eigenvalue weighted by Gasteiger charge is 2.25. The van der Waals surface area contributed by atoms with Crippen molar-refractivity contribution >= 4 is 36.7 Å². The van der Waals surface area contributed by atoms with Gasteiger partial charge in [0.1, 0.15) is 6.79 Å². The molecule has 0 aliphatic rings. The molecule has 0 atom stereocenters. The first kappa shape index (κ1) is 23.6. The normalized spacial score (nSPS) is 8.50. The van der Waals surface area contributed by atoms with Crippen LogP contribution in [0.15, 0.2) is 0 Å². The number of carboxylic acids is 1. The Hall–Kier alpha value is -0.170. The molecule has 0 amide bonds. The van der Waals surface area contributed by atoms with Crippen molar-refractivity contribution in [3.8, 4) is 0 Å². The van der Waals surface area contributed by atoms with Crippen LogP contribution in [0.4, 0.5) is 0 Å². The van der Waals surface area contributed by atoms with Crippen molar-refractivity contribution in [2.24, 2.45) is 5.41 Å². The van der Waals surface area contributed by atoms with Crippen molar-refractivity contribution < 1.29 is 14.7 Å². The summed E-state index contributed by atoms with van der Waals surface area (Å²) in [5.41, 5.74) is -0.532. The van der Waals surface area contributed by atoms with Crippen LogP contribution in [0, 0.1) is 5.41 Å². The van der Waals surface area contributed by atoms with E-state index in [9.17, 15) is 4.79 Å². The largest absolute Gasteiger partial charge is 0.481 e. The van der Waals surface area contributed by atoms with Crippen molar-refractivity contribution in [3.05, 3.63) is 0 Å². The van der Waals surface area contributed by atoms with Crippen molar-refractivity contribution in [1.29, 1.82) is 0 Å². The highest BCUT2D eigenvalue weighted by atomic mass is 127. The van der Waals surface area contributed by atoms with Crippen LogP contribution < -0.4 is 6.15 Å². The number of unbranched alkanes of at least 4 members (excludes halogenated alkanes) is 1. The van der Waals surface area contributed by atoms with E-state index >= 15 is 0 Å². The molecule has 0 fully saturated rings. The first-order valence-electron chi connectivity index (χ1n) is 4.03. The lowest BCUT2D eigenvalue weighted by Crippen LogP contribution is -2.23. The summed E-state index contributed by atoms with van der Waals surface area (Å²) in [7, 11) is 0. The Balaban J connectivity index is -0.000000117. The monoisotopic (exact) mass is 319 g/mol. The summed E-state index contributed by atoms with van der Waals surface area (Å²) in [5.74, 6) is -0.694. The Bertz CT molecular complexity index is 140. The molecule has 0 aromatic heterocycles. The Morgan fingerprint density at radius 1 is 1.36 bits per heavy atom. The zero-order valence-corrected chi connectivity index (χ0v) is 11.5. The van der Waals surface area contributed by atoms with Crippen LogP contribution in [0.3, 0.4) is 0 Å². The topological polar surface area (TPSA) is 89.4 Å². The molecule has 14 heavy (non-hydrogen) atoms. The molecule has 4 N–H and O–H groups in total. The number of carboxylic acid groups (broad SMARTS) is 1. The van der Waals surface area contributed by atoms with E-state index in [2.05, 4.69) is 6.92 Å². The fourth-order valence-corrected chi connectivity index (χ4v) is 0.726. The second-order valence-corrected chi connectivity index (χ2v) is 3.29. The predicted octanol–water partition coefficient (Wildman–Crippen LogP) is 2.88. The van der Waals surface area contributed by atoms with Gasteiger partial charge in [0.05, 0.1) is 5.41 Å². The lowest BCUT2D eigenvalue weighted by Gasteiger charge is -2.17. The first-order chi connectivity index (χ1) is 5.50. The van der Waals surface area contributed by atoms with Crippen molar-refractivity contribution in [1.82, 2.24) is 6.15 Å². The van der Waals surface area contributed by atoms with E-state index in [0.29, 0.717) is 0 Å². The highest BCUT2D eigenvalue weighted by Crippen LogP contribution is 2.22. The lowest BCUT2D eigenvalue weighted by atomic mass is 9.88.